The van der Waals surface area contributed by atoms with Gasteiger partial charge in [-0.1, -0.05) is 200 Å². The summed E-state index contributed by atoms with van der Waals surface area (Å²) in [5.41, 5.74) is 31.4. The highest BCUT2D eigenvalue weighted by atomic mass is 14.9. The van der Waals surface area contributed by atoms with Crippen LogP contribution in [0.25, 0.3) is 56.3 Å². The average molecular weight is 1370 g/mol. The molecule has 0 atom stereocenters. The van der Waals surface area contributed by atoms with Crippen LogP contribution in [0.5, 0.6) is 0 Å². The van der Waals surface area contributed by atoms with Crippen molar-refractivity contribution in [3.8, 4) is 56.3 Å². The maximum Gasteiger partial charge on any atom is 0.212 e. The number of aromatic nitrogens is 5. The normalized spacial score (nSPS) is 13.7. The maximum absolute atomic E-state index is 8.70. The predicted octanol–water partition coefficient (Wildman–Crippen LogP) is 22.2. The Bertz CT molecular complexity index is 4850. The Hall–Kier alpha value is -8.15. The molecule has 5 heterocycles. The van der Waals surface area contributed by atoms with Crippen LogP contribution in [-0.4, -0.2) is 0 Å². The van der Waals surface area contributed by atoms with E-state index in [0.717, 1.165) is 27.9 Å². The fourth-order valence-electron chi connectivity index (χ4n) is 13.7. The molecule has 0 fully saturated rings. The van der Waals surface area contributed by atoms with Crippen LogP contribution in [0.4, 0.5) is 0 Å². The topological polar surface area (TPSA) is 19.4 Å². The molecule has 0 N–H and O–H groups in total. The molecule has 5 nitrogen and oxygen atoms in total. The van der Waals surface area contributed by atoms with Crippen molar-refractivity contribution in [3.63, 3.8) is 0 Å². The molecule has 5 heteroatoms. The van der Waals surface area contributed by atoms with E-state index in [1.807, 2.05) is 27.0 Å². The van der Waals surface area contributed by atoms with Crippen LogP contribution in [0.3, 0.4) is 0 Å². The standard InChI is InChI=1S/C22H32N.2C19H26N.2C18H24N/c1-15(2)10-19-13-22(21-9-8-17(5)12-18(21)6)23(7)14-20(19)11-16(3)4;2*1-13-8-9-16(14(2)10-13)18-11-15(3)17(12-20(18)7)19(4,5)6;2*1-13-9-7-8-10-15(13)17-11-14(2)16(12-19(17)6)18(3,4)5/h8-9,12-16H,10-11H2,1-7H3;2*8-12H,1-7H3;2*7-12H,1-6H3/q5*+1/i5D3,10D2,11D2;1D3;;;. The van der Waals surface area contributed by atoms with Crippen molar-refractivity contribution in [1.82, 2.24) is 0 Å². The molecular weight excluding hydrogens is 1220 g/mol. The van der Waals surface area contributed by atoms with Gasteiger partial charge in [-0.25, -0.2) is 22.8 Å². The van der Waals surface area contributed by atoms with Gasteiger partial charge in [0.05, 0.1) is 0 Å². The zero-order chi connectivity index (χ0) is 84.3. The summed E-state index contributed by atoms with van der Waals surface area (Å²) in [6.07, 6.45) is 7.27. The third-order valence-corrected chi connectivity index (χ3v) is 18.8. The van der Waals surface area contributed by atoms with E-state index in [1.54, 1.807) is 81.9 Å². The molecule has 10 rings (SSSR count). The Kier molecular flexibility index (Phi) is 22.5. The first-order chi connectivity index (χ1) is 50.7. The van der Waals surface area contributed by atoms with Gasteiger partial charge in [0.2, 0.25) is 28.5 Å². The number of hydrogen-bond acceptors (Lipinski definition) is 0. The Morgan fingerprint density at radius 3 is 0.802 bits per heavy atom. The Balaban J connectivity index is 0.000000219. The molecule has 536 valence electrons. The fraction of sp³-hybridized carbons (Fsp3) is 0.427. The molecule has 0 saturated heterocycles. The van der Waals surface area contributed by atoms with E-state index in [9.17, 15) is 0 Å². The van der Waals surface area contributed by atoms with Crippen LogP contribution in [0.1, 0.15) is 225 Å². The van der Waals surface area contributed by atoms with E-state index in [0.29, 0.717) is 22.4 Å². The summed E-state index contributed by atoms with van der Waals surface area (Å²) in [6.45, 7) is 51.2. The summed E-state index contributed by atoms with van der Waals surface area (Å²) < 4.78 is 90.8. The lowest BCUT2D eigenvalue weighted by Crippen LogP contribution is -2.34. The van der Waals surface area contributed by atoms with E-state index >= 15 is 0 Å². The Morgan fingerprint density at radius 1 is 0.287 bits per heavy atom. The highest BCUT2D eigenvalue weighted by Crippen LogP contribution is 2.34. The minimum absolute atomic E-state index is 0.0978. The Labute approximate surface area is 629 Å². The zero-order valence-corrected chi connectivity index (χ0v) is 68.0. The smallest absolute Gasteiger partial charge is 0.201 e. The summed E-state index contributed by atoms with van der Waals surface area (Å²) in [6, 6.07) is 45.0. The molecule has 0 bridgehead atoms. The van der Waals surface area contributed by atoms with Crippen LogP contribution in [-0.2, 0) is 69.6 Å². The van der Waals surface area contributed by atoms with Crippen molar-refractivity contribution in [2.45, 2.75) is 228 Å². The molecule has 5 aromatic heterocycles. The molecule has 0 radical (unpaired) electrons. The Morgan fingerprint density at radius 2 is 0.535 bits per heavy atom. The number of aryl methyl sites for hydroxylation is 17. The molecule has 0 spiro atoms. The number of hydrogen-bond donors (Lipinski definition) is 0. The van der Waals surface area contributed by atoms with Crippen molar-refractivity contribution in [1.29, 1.82) is 0 Å². The van der Waals surface area contributed by atoms with Gasteiger partial charge < -0.3 is 0 Å². The minimum atomic E-state index is -2.19. The fourth-order valence-corrected chi connectivity index (χ4v) is 13.7. The molecule has 0 amide bonds. The second-order valence-corrected chi connectivity index (χ2v) is 33.2. The van der Waals surface area contributed by atoms with E-state index < -0.39 is 26.4 Å². The second-order valence-electron chi connectivity index (χ2n) is 33.2. The zero-order valence-electron chi connectivity index (χ0n) is 78.0. The van der Waals surface area contributed by atoms with Gasteiger partial charge in [-0.05, 0) is 215 Å². The highest BCUT2D eigenvalue weighted by molar-refractivity contribution is 5.66. The average Bonchev–Trinajstić information content (AvgIpc) is 0.740. The molecule has 10 aromatic rings. The van der Waals surface area contributed by atoms with Gasteiger partial charge in [-0.2, -0.15) is 0 Å². The predicted molar refractivity (Wildman–Crippen MR) is 434 cm³/mol. The van der Waals surface area contributed by atoms with Gasteiger partial charge in [0.1, 0.15) is 35.2 Å². The van der Waals surface area contributed by atoms with Crippen LogP contribution in [0.2, 0.25) is 0 Å². The van der Waals surface area contributed by atoms with Crippen LogP contribution >= 0.6 is 0 Å². The number of benzene rings is 5. The van der Waals surface area contributed by atoms with Crippen molar-refractivity contribution >= 4 is 0 Å². The summed E-state index contributed by atoms with van der Waals surface area (Å²) in [7, 11) is 10.3. The number of pyridine rings is 5. The van der Waals surface area contributed by atoms with Crippen LogP contribution in [0, 0.1) is 94.8 Å². The molecule has 0 aliphatic rings. The third-order valence-electron chi connectivity index (χ3n) is 18.8. The molecular formula is C96H132N5+5. The van der Waals surface area contributed by atoms with Gasteiger partial charge >= 0.3 is 0 Å². The summed E-state index contributed by atoms with van der Waals surface area (Å²) >= 11 is 0. The lowest BCUT2D eigenvalue weighted by Gasteiger charge is -2.20. The molecule has 0 saturated carbocycles. The monoisotopic (exact) mass is 1370 g/mol. The molecule has 0 aliphatic carbocycles. The highest BCUT2D eigenvalue weighted by Gasteiger charge is 2.28. The SMILES string of the molecule is Cc1ccc(-c2cc(C)c(C(C)(C)C)c[n+]2C)c(C)c1.Cc1ccccc1-c1cc(C)c(C(C)(C)C)c[n+]1C.Cc1ccccc1-c1cc(C)c(C(C)(C)C)c[n+]1C.[2H]C([2H])([2H])c1ccc(-c2cc(C([2H])([2H])C(C)C)c(C([2H])([2H])C(C)C)c[n+]2C)c(C)c1.[2H]C([2H])([2H])c1ccc(-c2cc(C)c(C(C)(C)C)c[n+]2C)c(C)c1. The summed E-state index contributed by atoms with van der Waals surface area (Å²) in [5, 5.41) is 0. The van der Waals surface area contributed by atoms with Crippen molar-refractivity contribution in [2.24, 2.45) is 47.1 Å². The van der Waals surface area contributed by atoms with Gasteiger partial charge in [0.25, 0.3) is 0 Å². The first-order valence-electron chi connectivity index (χ1n) is 41.2. The van der Waals surface area contributed by atoms with Crippen LogP contribution < -0.4 is 22.8 Å². The van der Waals surface area contributed by atoms with Crippen molar-refractivity contribution < 1.29 is 36.5 Å². The van der Waals surface area contributed by atoms with E-state index in [1.165, 1.54) is 101 Å². The molecule has 101 heavy (non-hydrogen) atoms. The van der Waals surface area contributed by atoms with Gasteiger partial charge in [-0.15, -0.1) is 0 Å². The molecule has 0 aliphatic heterocycles. The first kappa shape index (κ1) is 67.3. The largest absolute Gasteiger partial charge is 0.212 e. The van der Waals surface area contributed by atoms with Gasteiger partial charge in [0.15, 0.2) is 31.0 Å². The van der Waals surface area contributed by atoms with Gasteiger partial charge in [-0.3, -0.25) is 0 Å². The van der Waals surface area contributed by atoms with E-state index in [2.05, 4.69) is 294 Å². The summed E-state index contributed by atoms with van der Waals surface area (Å²) in [4.78, 5) is 0. The number of nitrogens with zero attached hydrogens (tertiary/aromatic N) is 5. The third kappa shape index (κ3) is 21.7. The quantitative estimate of drug-likeness (QED) is 0.128. The van der Waals surface area contributed by atoms with Crippen molar-refractivity contribution in [3.05, 3.63) is 265 Å². The molecule has 5 aromatic carbocycles. The van der Waals surface area contributed by atoms with Crippen molar-refractivity contribution in [2.75, 3.05) is 0 Å². The number of rotatable bonds is 9. The maximum atomic E-state index is 8.70. The van der Waals surface area contributed by atoms with Gasteiger partial charge in [0, 0.05) is 99.7 Å². The van der Waals surface area contributed by atoms with Crippen LogP contribution in [0.15, 0.2) is 164 Å². The first-order valence-corrected chi connectivity index (χ1v) is 36.2. The summed E-state index contributed by atoms with van der Waals surface area (Å²) in [5.74, 6) is -0.677. The van der Waals surface area contributed by atoms with E-state index in [-0.39, 0.29) is 39.1 Å². The molecule has 0 unspecified atom stereocenters. The second kappa shape index (κ2) is 33.8. The van der Waals surface area contributed by atoms with E-state index in [4.69, 9.17) is 13.7 Å². The lowest BCUT2D eigenvalue weighted by atomic mass is 9.84. The minimum Gasteiger partial charge on any atom is -0.201 e. The lowest BCUT2D eigenvalue weighted by molar-refractivity contribution is -0.661.